The molecule has 0 unspecified atom stereocenters. The van der Waals surface area contributed by atoms with Crippen molar-refractivity contribution in [2.24, 2.45) is 0 Å². The molecule has 1 aliphatic heterocycles. The Labute approximate surface area is 134 Å². The maximum atomic E-state index is 12.2. The Bertz CT molecular complexity index is 441. The maximum absolute atomic E-state index is 12.2. The molecule has 1 rings (SSSR count). The van der Waals surface area contributed by atoms with Gasteiger partial charge in [0.1, 0.15) is 0 Å². The lowest BCUT2D eigenvalue weighted by Gasteiger charge is -2.34. The highest BCUT2D eigenvalue weighted by molar-refractivity contribution is 7.87. The Morgan fingerprint density at radius 1 is 1.14 bits per heavy atom. The van der Waals surface area contributed by atoms with E-state index in [0.29, 0.717) is 32.6 Å². The van der Waals surface area contributed by atoms with Gasteiger partial charge in [-0.2, -0.15) is 17.4 Å². The van der Waals surface area contributed by atoms with Crippen LogP contribution in [0.3, 0.4) is 0 Å². The lowest BCUT2D eigenvalue weighted by atomic mass is 10.3. The molecule has 1 amide bonds. The minimum atomic E-state index is -3.43. The summed E-state index contributed by atoms with van der Waals surface area (Å²) in [6.07, 6.45) is 0.499. The molecule has 1 fully saturated rings. The fourth-order valence-corrected chi connectivity index (χ4v) is 3.89. The summed E-state index contributed by atoms with van der Waals surface area (Å²) in [5.74, 6) is 0.112. The minimum Gasteiger partial charge on any atom is -0.340 e. The maximum Gasteiger partial charge on any atom is 0.279 e. The Hall–Kier alpha value is -0.700. The van der Waals surface area contributed by atoms with E-state index in [4.69, 9.17) is 0 Å². The van der Waals surface area contributed by atoms with E-state index in [1.54, 1.807) is 18.7 Å². The Morgan fingerprint density at radius 3 is 2.14 bits per heavy atom. The monoisotopic (exact) mass is 334 g/mol. The van der Waals surface area contributed by atoms with Crippen molar-refractivity contribution in [3.05, 3.63) is 0 Å². The van der Waals surface area contributed by atoms with Crippen LogP contribution in [0, 0.1) is 0 Å². The average molecular weight is 334 g/mol. The third-order valence-corrected chi connectivity index (χ3v) is 5.67. The van der Waals surface area contributed by atoms with Gasteiger partial charge in [-0.05, 0) is 26.9 Å². The lowest BCUT2D eigenvalue weighted by Crippen LogP contribution is -2.54. The van der Waals surface area contributed by atoms with Gasteiger partial charge in [0.05, 0.1) is 0 Å². The highest BCUT2D eigenvalue weighted by Gasteiger charge is 2.28. The van der Waals surface area contributed by atoms with E-state index < -0.39 is 10.2 Å². The van der Waals surface area contributed by atoms with E-state index in [2.05, 4.69) is 23.5 Å². The summed E-state index contributed by atoms with van der Waals surface area (Å²) in [4.78, 5) is 16.2. The molecule has 0 radical (unpaired) electrons. The number of amides is 1. The number of hydrogen-bond donors (Lipinski definition) is 1. The molecule has 0 aromatic heterocycles. The van der Waals surface area contributed by atoms with Gasteiger partial charge in [0.25, 0.3) is 10.2 Å². The van der Waals surface area contributed by atoms with E-state index in [-0.39, 0.29) is 11.9 Å². The molecule has 1 N–H and O–H groups in total. The second kappa shape index (κ2) is 8.81. The third-order valence-electron chi connectivity index (χ3n) is 3.85. The number of nitrogens with one attached hydrogen (secondary N) is 1. The van der Waals surface area contributed by atoms with Crippen molar-refractivity contribution in [3.8, 4) is 0 Å². The standard InChI is InChI=1S/C14H30N4O3S/c1-5-16(6-2)8-7-14(19)17-9-11-18(12-10-17)22(20,21)15-13(3)4/h13,15H,5-12H2,1-4H3. The molecule has 22 heavy (non-hydrogen) atoms. The molecule has 0 atom stereocenters. The molecule has 0 aromatic carbocycles. The zero-order valence-corrected chi connectivity index (χ0v) is 15.0. The van der Waals surface area contributed by atoms with Crippen LogP contribution in [-0.4, -0.2) is 80.3 Å². The van der Waals surface area contributed by atoms with Crippen LogP contribution in [0.5, 0.6) is 0 Å². The van der Waals surface area contributed by atoms with Crippen LogP contribution in [0.25, 0.3) is 0 Å². The van der Waals surface area contributed by atoms with Gasteiger partial charge in [0.2, 0.25) is 5.91 Å². The van der Waals surface area contributed by atoms with Crippen molar-refractivity contribution in [3.63, 3.8) is 0 Å². The van der Waals surface area contributed by atoms with Crippen molar-refractivity contribution in [2.45, 2.75) is 40.2 Å². The Kier molecular flexibility index (Phi) is 7.75. The zero-order valence-electron chi connectivity index (χ0n) is 14.2. The molecule has 1 saturated heterocycles. The molecule has 0 aromatic rings. The highest BCUT2D eigenvalue weighted by Crippen LogP contribution is 2.08. The summed E-state index contributed by atoms with van der Waals surface area (Å²) in [6.45, 7) is 12.1. The van der Waals surface area contributed by atoms with Gasteiger partial charge in [0.15, 0.2) is 0 Å². The Balaban J connectivity index is 2.43. The summed E-state index contributed by atoms with van der Waals surface area (Å²) >= 11 is 0. The van der Waals surface area contributed by atoms with Crippen LogP contribution in [-0.2, 0) is 15.0 Å². The summed E-state index contributed by atoms with van der Waals surface area (Å²) < 4.78 is 28.1. The molecule has 1 heterocycles. The molecule has 8 heteroatoms. The quantitative estimate of drug-likeness (QED) is 0.684. The molecular weight excluding hydrogens is 304 g/mol. The minimum absolute atomic E-state index is 0.112. The predicted molar refractivity (Wildman–Crippen MR) is 87.7 cm³/mol. The molecule has 0 spiro atoms. The smallest absolute Gasteiger partial charge is 0.279 e. The van der Waals surface area contributed by atoms with E-state index in [9.17, 15) is 13.2 Å². The van der Waals surface area contributed by atoms with Crippen LogP contribution in [0.2, 0.25) is 0 Å². The van der Waals surface area contributed by atoms with Gasteiger partial charge in [0, 0.05) is 45.2 Å². The predicted octanol–water partition coefficient (Wildman–Crippen LogP) is 0.105. The van der Waals surface area contributed by atoms with Crippen LogP contribution in [0.4, 0.5) is 0 Å². The topological polar surface area (TPSA) is 73.0 Å². The largest absolute Gasteiger partial charge is 0.340 e. The van der Waals surface area contributed by atoms with Gasteiger partial charge < -0.3 is 9.80 Å². The van der Waals surface area contributed by atoms with Crippen molar-refractivity contribution < 1.29 is 13.2 Å². The SMILES string of the molecule is CCN(CC)CCC(=O)N1CCN(S(=O)(=O)NC(C)C)CC1. The summed E-state index contributed by atoms with van der Waals surface area (Å²) in [7, 11) is -3.43. The third kappa shape index (κ3) is 5.83. The van der Waals surface area contributed by atoms with Gasteiger partial charge >= 0.3 is 0 Å². The number of carbonyl (C=O) groups excluding carboxylic acids is 1. The van der Waals surface area contributed by atoms with Gasteiger partial charge in [-0.3, -0.25) is 4.79 Å². The van der Waals surface area contributed by atoms with E-state index in [0.717, 1.165) is 19.6 Å². The van der Waals surface area contributed by atoms with Gasteiger partial charge in [-0.1, -0.05) is 13.8 Å². The van der Waals surface area contributed by atoms with Crippen molar-refractivity contribution in [2.75, 3.05) is 45.8 Å². The van der Waals surface area contributed by atoms with Crippen LogP contribution >= 0.6 is 0 Å². The molecule has 7 nitrogen and oxygen atoms in total. The number of piperazine rings is 1. The number of hydrogen-bond acceptors (Lipinski definition) is 4. The summed E-state index contributed by atoms with van der Waals surface area (Å²) in [6, 6.07) is -0.126. The Morgan fingerprint density at radius 2 is 1.68 bits per heavy atom. The molecule has 1 aliphatic rings. The first-order valence-corrected chi connectivity index (χ1v) is 9.51. The van der Waals surface area contributed by atoms with Gasteiger partial charge in [-0.15, -0.1) is 0 Å². The number of nitrogens with zero attached hydrogens (tertiary/aromatic N) is 3. The first kappa shape index (κ1) is 19.3. The fourth-order valence-electron chi connectivity index (χ4n) is 2.50. The molecule has 130 valence electrons. The summed E-state index contributed by atoms with van der Waals surface area (Å²) in [5, 5.41) is 0. The van der Waals surface area contributed by atoms with Crippen molar-refractivity contribution in [1.29, 1.82) is 0 Å². The van der Waals surface area contributed by atoms with E-state index in [1.807, 2.05) is 0 Å². The average Bonchev–Trinajstić information content (AvgIpc) is 2.47. The highest BCUT2D eigenvalue weighted by atomic mass is 32.2. The second-order valence-electron chi connectivity index (χ2n) is 5.83. The number of carbonyl (C=O) groups is 1. The zero-order chi connectivity index (χ0) is 16.8. The van der Waals surface area contributed by atoms with Crippen LogP contribution in [0.15, 0.2) is 0 Å². The van der Waals surface area contributed by atoms with Crippen molar-refractivity contribution in [1.82, 2.24) is 18.8 Å². The number of rotatable bonds is 8. The molecular formula is C14H30N4O3S. The molecule has 0 saturated carbocycles. The normalized spacial score (nSPS) is 17.5. The molecule has 0 bridgehead atoms. The first-order valence-electron chi connectivity index (χ1n) is 8.07. The van der Waals surface area contributed by atoms with Crippen LogP contribution < -0.4 is 4.72 Å². The lowest BCUT2D eigenvalue weighted by molar-refractivity contribution is -0.132. The summed E-state index contributed by atoms with van der Waals surface area (Å²) in [5.41, 5.74) is 0. The fraction of sp³-hybridized carbons (Fsp3) is 0.929. The van der Waals surface area contributed by atoms with E-state index in [1.165, 1.54) is 4.31 Å². The van der Waals surface area contributed by atoms with Crippen molar-refractivity contribution >= 4 is 16.1 Å². The first-order chi connectivity index (χ1) is 10.3. The molecule has 0 aliphatic carbocycles. The van der Waals surface area contributed by atoms with Gasteiger partial charge in [-0.25, -0.2) is 0 Å². The van der Waals surface area contributed by atoms with Crippen LogP contribution in [0.1, 0.15) is 34.1 Å². The second-order valence-corrected chi connectivity index (χ2v) is 7.54. The van der Waals surface area contributed by atoms with E-state index >= 15 is 0 Å².